The molecule has 0 aliphatic heterocycles. The van der Waals surface area contributed by atoms with Crippen molar-refractivity contribution in [2.75, 3.05) is 0 Å². The molecule has 84 valence electrons. The molecule has 2 aromatic rings. The van der Waals surface area contributed by atoms with Gasteiger partial charge in [0.1, 0.15) is 0 Å². The Labute approximate surface area is 101 Å². The third kappa shape index (κ3) is 2.73. The molecule has 0 radical (unpaired) electrons. The van der Waals surface area contributed by atoms with Crippen LogP contribution in [0.3, 0.4) is 0 Å². The molecule has 0 saturated carbocycles. The van der Waals surface area contributed by atoms with Crippen molar-refractivity contribution < 1.29 is 0 Å². The maximum Gasteiger partial charge on any atom is 0.0705 e. The fraction of sp³-hybridized carbons (Fsp3) is 0.357. The van der Waals surface area contributed by atoms with Crippen LogP contribution in [0.2, 0.25) is 0 Å². The minimum Gasteiger partial charge on any atom is -0.253 e. The van der Waals surface area contributed by atoms with Gasteiger partial charge in [0.15, 0.2) is 0 Å². The van der Waals surface area contributed by atoms with Gasteiger partial charge in [0.05, 0.1) is 5.52 Å². The molecule has 1 unspecified atom stereocenters. The van der Waals surface area contributed by atoms with Crippen molar-refractivity contribution in [3.8, 4) is 0 Å². The highest BCUT2D eigenvalue weighted by Gasteiger charge is 2.06. The summed E-state index contributed by atoms with van der Waals surface area (Å²) in [6.07, 6.45) is 3.04. The number of rotatable bonds is 4. The normalized spacial score (nSPS) is 12.9. The van der Waals surface area contributed by atoms with E-state index < -0.39 is 0 Å². The second kappa shape index (κ2) is 5.31. The SMILES string of the molecule is CCCC(Cl)Cc1ccc2ccccc2n1. The Balaban J connectivity index is 2.19. The van der Waals surface area contributed by atoms with Crippen LogP contribution in [0.5, 0.6) is 0 Å². The van der Waals surface area contributed by atoms with Crippen LogP contribution in [-0.4, -0.2) is 10.4 Å². The highest BCUT2D eigenvalue weighted by atomic mass is 35.5. The summed E-state index contributed by atoms with van der Waals surface area (Å²) in [6, 6.07) is 12.4. The lowest BCUT2D eigenvalue weighted by molar-refractivity contribution is 0.718. The van der Waals surface area contributed by atoms with E-state index in [-0.39, 0.29) is 5.38 Å². The molecule has 0 fully saturated rings. The first kappa shape index (κ1) is 11.4. The van der Waals surface area contributed by atoms with Gasteiger partial charge in [-0.1, -0.05) is 37.6 Å². The van der Waals surface area contributed by atoms with Gasteiger partial charge in [-0.05, 0) is 18.6 Å². The van der Waals surface area contributed by atoms with Crippen LogP contribution >= 0.6 is 11.6 Å². The number of alkyl halides is 1. The van der Waals surface area contributed by atoms with Gasteiger partial charge in [-0.3, -0.25) is 4.98 Å². The second-order valence-corrected chi connectivity index (χ2v) is 4.70. The van der Waals surface area contributed by atoms with Crippen LogP contribution in [0.4, 0.5) is 0 Å². The topological polar surface area (TPSA) is 12.9 Å². The smallest absolute Gasteiger partial charge is 0.0705 e. The van der Waals surface area contributed by atoms with Crippen LogP contribution in [-0.2, 0) is 6.42 Å². The summed E-state index contributed by atoms with van der Waals surface area (Å²) in [6.45, 7) is 2.16. The maximum absolute atomic E-state index is 6.23. The number of nitrogens with zero attached hydrogens (tertiary/aromatic N) is 1. The number of pyridine rings is 1. The van der Waals surface area contributed by atoms with Crippen LogP contribution in [0, 0.1) is 0 Å². The predicted molar refractivity (Wildman–Crippen MR) is 70.0 cm³/mol. The number of hydrogen-bond donors (Lipinski definition) is 0. The van der Waals surface area contributed by atoms with E-state index in [1.54, 1.807) is 0 Å². The molecule has 2 heteroatoms. The molecule has 0 aliphatic rings. The molecule has 1 aromatic carbocycles. The van der Waals surface area contributed by atoms with Gasteiger partial charge in [-0.15, -0.1) is 11.6 Å². The molecule has 0 bridgehead atoms. The van der Waals surface area contributed by atoms with E-state index in [1.807, 2.05) is 18.2 Å². The average Bonchev–Trinajstić information content (AvgIpc) is 2.29. The van der Waals surface area contributed by atoms with Crippen LogP contribution in [0.1, 0.15) is 25.5 Å². The predicted octanol–water partition coefficient (Wildman–Crippen LogP) is 4.18. The molecule has 1 aromatic heterocycles. The van der Waals surface area contributed by atoms with E-state index in [0.29, 0.717) is 0 Å². The highest BCUT2D eigenvalue weighted by Crippen LogP contribution is 2.16. The number of halogens is 1. The van der Waals surface area contributed by atoms with Gasteiger partial charge in [0.25, 0.3) is 0 Å². The number of fused-ring (bicyclic) bond motifs is 1. The summed E-state index contributed by atoms with van der Waals surface area (Å²) >= 11 is 6.23. The molecule has 0 spiro atoms. The summed E-state index contributed by atoms with van der Waals surface area (Å²) in [5.74, 6) is 0. The van der Waals surface area contributed by atoms with Crippen molar-refractivity contribution in [3.05, 3.63) is 42.1 Å². The minimum atomic E-state index is 0.207. The first-order valence-electron chi connectivity index (χ1n) is 5.78. The standard InChI is InChI=1S/C14H16ClN/c1-2-5-12(15)10-13-9-8-11-6-3-4-7-14(11)16-13/h3-4,6-9,12H,2,5,10H2,1H3. The van der Waals surface area contributed by atoms with Crippen molar-refractivity contribution in [1.29, 1.82) is 0 Å². The monoisotopic (exact) mass is 233 g/mol. The van der Waals surface area contributed by atoms with Crippen LogP contribution in [0.25, 0.3) is 10.9 Å². The van der Waals surface area contributed by atoms with Crippen molar-refractivity contribution >= 4 is 22.5 Å². The summed E-state index contributed by atoms with van der Waals surface area (Å²) in [4.78, 5) is 4.61. The van der Waals surface area contributed by atoms with Crippen molar-refractivity contribution in [2.24, 2.45) is 0 Å². The van der Waals surface area contributed by atoms with Crippen LogP contribution in [0.15, 0.2) is 36.4 Å². The Morgan fingerprint density at radius 2 is 2.00 bits per heavy atom. The fourth-order valence-corrected chi connectivity index (χ4v) is 2.24. The Hall–Kier alpha value is -1.08. The van der Waals surface area contributed by atoms with E-state index in [1.165, 1.54) is 5.39 Å². The Bertz CT molecular complexity index is 467. The maximum atomic E-state index is 6.23. The number of benzene rings is 1. The first-order chi connectivity index (χ1) is 7.79. The Morgan fingerprint density at radius 3 is 2.81 bits per heavy atom. The first-order valence-corrected chi connectivity index (χ1v) is 6.22. The number of para-hydroxylation sites is 1. The lowest BCUT2D eigenvalue weighted by Crippen LogP contribution is -2.04. The highest BCUT2D eigenvalue weighted by molar-refractivity contribution is 6.20. The lowest BCUT2D eigenvalue weighted by Gasteiger charge is -2.07. The van der Waals surface area contributed by atoms with Crippen LogP contribution < -0.4 is 0 Å². The summed E-state index contributed by atoms with van der Waals surface area (Å²) in [5.41, 5.74) is 2.15. The molecule has 0 N–H and O–H groups in total. The quantitative estimate of drug-likeness (QED) is 0.722. The molecule has 1 atom stereocenters. The van der Waals surface area contributed by atoms with Crippen molar-refractivity contribution in [1.82, 2.24) is 4.98 Å². The number of hydrogen-bond acceptors (Lipinski definition) is 1. The van der Waals surface area contributed by atoms with E-state index in [2.05, 4.69) is 30.1 Å². The van der Waals surface area contributed by atoms with E-state index in [4.69, 9.17) is 11.6 Å². The number of aromatic nitrogens is 1. The molecule has 0 saturated heterocycles. The lowest BCUT2D eigenvalue weighted by atomic mass is 10.1. The van der Waals surface area contributed by atoms with Gasteiger partial charge in [0.2, 0.25) is 0 Å². The van der Waals surface area contributed by atoms with E-state index in [0.717, 1.165) is 30.5 Å². The molecule has 0 aliphatic carbocycles. The minimum absolute atomic E-state index is 0.207. The zero-order valence-electron chi connectivity index (χ0n) is 9.49. The van der Waals surface area contributed by atoms with Gasteiger partial charge in [0, 0.05) is 22.9 Å². The molecule has 1 nitrogen and oxygen atoms in total. The summed E-state index contributed by atoms with van der Waals surface area (Å²) in [5, 5.41) is 1.39. The molecular formula is C14H16ClN. The molecule has 1 heterocycles. The molecule has 16 heavy (non-hydrogen) atoms. The zero-order valence-corrected chi connectivity index (χ0v) is 10.2. The Kier molecular flexibility index (Phi) is 3.79. The Morgan fingerprint density at radius 1 is 1.19 bits per heavy atom. The van der Waals surface area contributed by atoms with Gasteiger partial charge < -0.3 is 0 Å². The van der Waals surface area contributed by atoms with E-state index >= 15 is 0 Å². The second-order valence-electron chi connectivity index (χ2n) is 4.09. The van der Waals surface area contributed by atoms with E-state index in [9.17, 15) is 0 Å². The fourth-order valence-electron chi connectivity index (χ4n) is 1.86. The molecular weight excluding hydrogens is 218 g/mol. The van der Waals surface area contributed by atoms with Gasteiger partial charge >= 0.3 is 0 Å². The largest absolute Gasteiger partial charge is 0.253 e. The third-order valence-corrected chi connectivity index (χ3v) is 3.06. The van der Waals surface area contributed by atoms with Gasteiger partial charge in [-0.25, -0.2) is 0 Å². The summed E-state index contributed by atoms with van der Waals surface area (Å²) in [7, 11) is 0. The summed E-state index contributed by atoms with van der Waals surface area (Å²) < 4.78 is 0. The van der Waals surface area contributed by atoms with Crippen molar-refractivity contribution in [2.45, 2.75) is 31.6 Å². The average molecular weight is 234 g/mol. The molecule has 2 rings (SSSR count). The van der Waals surface area contributed by atoms with Gasteiger partial charge in [-0.2, -0.15) is 0 Å². The molecule has 0 amide bonds. The zero-order chi connectivity index (χ0) is 11.4. The van der Waals surface area contributed by atoms with Crippen molar-refractivity contribution in [3.63, 3.8) is 0 Å². The third-order valence-electron chi connectivity index (χ3n) is 2.69.